The SMILES string of the molecule is COCCCN1C(=O)C(c2ccc(OCC(C)C)cc2)=C(N2CC(C)OC(C)C2)C1=O. The van der Waals surface area contributed by atoms with E-state index in [2.05, 4.69) is 13.8 Å². The fourth-order valence-corrected chi connectivity index (χ4v) is 4.03. The Kier molecular flexibility index (Phi) is 7.73. The van der Waals surface area contributed by atoms with Gasteiger partial charge in [0.2, 0.25) is 0 Å². The second-order valence-electron chi connectivity index (χ2n) is 8.72. The molecule has 2 aliphatic heterocycles. The van der Waals surface area contributed by atoms with Gasteiger partial charge in [0, 0.05) is 33.4 Å². The zero-order chi connectivity index (χ0) is 22.5. The second-order valence-corrected chi connectivity index (χ2v) is 8.72. The highest BCUT2D eigenvalue weighted by Gasteiger charge is 2.42. The van der Waals surface area contributed by atoms with Crippen molar-refractivity contribution < 1.29 is 23.8 Å². The van der Waals surface area contributed by atoms with Crippen molar-refractivity contribution in [3.05, 3.63) is 35.5 Å². The van der Waals surface area contributed by atoms with Gasteiger partial charge in [0.05, 0.1) is 24.4 Å². The first-order valence-electron chi connectivity index (χ1n) is 11.0. The summed E-state index contributed by atoms with van der Waals surface area (Å²) in [5.74, 6) is 0.687. The zero-order valence-corrected chi connectivity index (χ0v) is 19.2. The summed E-state index contributed by atoms with van der Waals surface area (Å²) in [6.45, 7) is 10.8. The number of nitrogens with zero attached hydrogens (tertiary/aromatic N) is 2. The third-order valence-electron chi connectivity index (χ3n) is 5.34. The minimum absolute atomic E-state index is 0.0187. The van der Waals surface area contributed by atoms with Gasteiger partial charge in [0.1, 0.15) is 11.4 Å². The molecule has 0 spiro atoms. The molecule has 0 aliphatic carbocycles. The maximum Gasteiger partial charge on any atom is 0.277 e. The fraction of sp³-hybridized carbons (Fsp3) is 0.583. The van der Waals surface area contributed by atoms with Crippen LogP contribution in [0.1, 0.15) is 39.7 Å². The Morgan fingerprint density at radius 2 is 1.71 bits per heavy atom. The zero-order valence-electron chi connectivity index (χ0n) is 19.2. The van der Waals surface area contributed by atoms with E-state index in [1.165, 1.54) is 4.90 Å². The van der Waals surface area contributed by atoms with Crippen LogP contribution in [0.15, 0.2) is 30.0 Å². The predicted molar refractivity (Wildman–Crippen MR) is 118 cm³/mol. The van der Waals surface area contributed by atoms with Gasteiger partial charge in [0.25, 0.3) is 11.8 Å². The third-order valence-corrected chi connectivity index (χ3v) is 5.34. The number of rotatable bonds is 9. The Morgan fingerprint density at radius 3 is 2.29 bits per heavy atom. The van der Waals surface area contributed by atoms with Crippen molar-refractivity contribution in [3.63, 3.8) is 0 Å². The molecule has 1 saturated heterocycles. The summed E-state index contributed by atoms with van der Waals surface area (Å²) in [4.78, 5) is 30.0. The number of imide groups is 1. The molecule has 7 nitrogen and oxygen atoms in total. The van der Waals surface area contributed by atoms with Gasteiger partial charge in [0.15, 0.2) is 0 Å². The molecule has 170 valence electrons. The molecule has 1 aromatic carbocycles. The first-order chi connectivity index (χ1) is 14.8. The number of morpholine rings is 1. The molecule has 0 saturated carbocycles. The minimum Gasteiger partial charge on any atom is -0.493 e. The van der Waals surface area contributed by atoms with Crippen LogP contribution in [0.4, 0.5) is 0 Å². The lowest BCUT2D eigenvalue weighted by Gasteiger charge is -2.37. The molecule has 2 aliphatic rings. The molecular weight excluding hydrogens is 396 g/mol. The van der Waals surface area contributed by atoms with E-state index < -0.39 is 0 Å². The van der Waals surface area contributed by atoms with Crippen molar-refractivity contribution in [2.24, 2.45) is 5.92 Å². The summed E-state index contributed by atoms with van der Waals surface area (Å²) in [5, 5.41) is 0. The first kappa shape index (κ1) is 23.3. The summed E-state index contributed by atoms with van der Waals surface area (Å²) < 4.78 is 16.7. The highest BCUT2D eigenvalue weighted by atomic mass is 16.5. The molecule has 2 heterocycles. The maximum absolute atomic E-state index is 13.4. The van der Waals surface area contributed by atoms with Gasteiger partial charge in [-0.25, -0.2) is 0 Å². The van der Waals surface area contributed by atoms with E-state index in [0.717, 1.165) is 11.3 Å². The summed E-state index contributed by atoms with van der Waals surface area (Å²) in [6.07, 6.45) is 0.566. The van der Waals surface area contributed by atoms with Gasteiger partial charge in [-0.2, -0.15) is 0 Å². The average Bonchev–Trinajstić information content (AvgIpc) is 2.96. The lowest BCUT2D eigenvalue weighted by molar-refractivity contribution is -0.138. The quantitative estimate of drug-likeness (QED) is 0.443. The van der Waals surface area contributed by atoms with Crippen LogP contribution in [0, 0.1) is 5.92 Å². The first-order valence-corrected chi connectivity index (χ1v) is 11.0. The third kappa shape index (κ3) is 5.46. The van der Waals surface area contributed by atoms with Gasteiger partial charge in [-0.3, -0.25) is 14.5 Å². The Morgan fingerprint density at radius 1 is 1.06 bits per heavy atom. The standard InChI is InChI=1S/C24H34N2O5/c1-16(2)15-30-20-9-7-19(8-10-20)21-22(25-13-17(3)31-18(4)14-25)24(28)26(23(21)27)11-6-12-29-5/h7-10,16-18H,6,11-15H2,1-5H3. The van der Waals surface area contributed by atoms with Crippen molar-refractivity contribution in [2.45, 2.75) is 46.3 Å². The Balaban J connectivity index is 1.93. The van der Waals surface area contributed by atoms with Crippen LogP contribution in [-0.4, -0.2) is 73.8 Å². The number of ether oxygens (including phenoxy) is 3. The van der Waals surface area contributed by atoms with Crippen molar-refractivity contribution in [2.75, 3.05) is 40.0 Å². The molecule has 1 aromatic rings. The van der Waals surface area contributed by atoms with E-state index in [-0.39, 0.29) is 24.0 Å². The number of hydrogen-bond acceptors (Lipinski definition) is 6. The van der Waals surface area contributed by atoms with Crippen molar-refractivity contribution in [1.29, 1.82) is 0 Å². The van der Waals surface area contributed by atoms with E-state index in [9.17, 15) is 9.59 Å². The van der Waals surface area contributed by atoms with Crippen LogP contribution in [0.5, 0.6) is 5.75 Å². The van der Waals surface area contributed by atoms with E-state index in [1.807, 2.05) is 43.0 Å². The summed E-state index contributed by atoms with van der Waals surface area (Å²) >= 11 is 0. The summed E-state index contributed by atoms with van der Waals surface area (Å²) in [7, 11) is 1.61. The molecule has 0 radical (unpaired) electrons. The number of carbonyl (C=O) groups is 2. The van der Waals surface area contributed by atoms with Crippen molar-refractivity contribution in [3.8, 4) is 5.75 Å². The van der Waals surface area contributed by atoms with E-state index in [0.29, 0.717) is 56.5 Å². The van der Waals surface area contributed by atoms with Gasteiger partial charge in [-0.15, -0.1) is 0 Å². The Hall–Kier alpha value is -2.38. The van der Waals surface area contributed by atoms with Gasteiger partial charge in [-0.05, 0) is 43.9 Å². The van der Waals surface area contributed by atoms with Crippen LogP contribution >= 0.6 is 0 Å². The number of benzene rings is 1. The molecular formula is C24H34N2O5. The maximum atomic E-state index is 13.4. The van der Waals surface area contributed by atoms with Gasteiger partial charge >= 0.3 is 0 Å². The molecule has 3 rings (SSSR count). The average molecular weight is 431 g/mol. The second kappa shape index (κ2) is 10.3. The Bertz CT molecular complexity index is 808. The van der Waals surface area contributed by atoms with E-state index in [4.69, 9.17) is 14.2 Å². The smallest absolute Gasteiger partial charge is 0.277 e. The molecule has 0 bridgehead atoms. The molecule has 1 fully saturated rings. The van der Waals surface area contributed by atoms with Crippen molar-refractivity contribution >= 4 is 17.4 Å². The molecule has 2 atom stereocenters. The van der Waals surface area contributed by atoms with Gasteiger partial charge < -0.3 is 19.1 Å². The monoisotopic (exact) mass is 430 g/mol. The topological polar surface area (TPSA) is 68.3 Å². The van der Waals surface area contributed by atoms with E-state index >= 15 is 0 Å². The lowest BCUT2D eigenvalue weighted by Crippen LogP contribution is -2.47. The minimum atomic E-state index is -0.251. The van der Waals surface area contributed by atoms with Crippen LogP contribution in [-0.2, 0) is 19.1 Å². The molecule has 31 heavy (non-hydrogen) atoms. The van der Waals surface area contributed by atoms with E-state index in [1.54, 1.807) is 7.11 Å². The highest BCUT2D eigenvalue weighted by molar-refractivity contribution is 6.35. The lowest BCUT2D eigenvalue weighted by atomic mass is 10.0. The van der Waals surface area contributed by atoms with Crippen LogP contribution in [0.25, 0.3) is 5.57 Å². The molecule has 2 unspecified atom stereocenters. The highest BCUT2D eigenvalue weighted by Crippen LogP contribution is 2.34. The van der Waals surface area contributed by atoms with Crippen LogP contribution in [0.3, 0.4) is 0 Å². The Labute approximate surface area is 184 Å². The van der Waals surface area contributed by atoms with Crippen molar-refractivity contribution in [1.82, 2.24) is 9.80 Å². The number of amides is 2. The van der Waals surface area contributed by atoms with Crippen LogP contribution < -0.4 is 4.74 Å². The summed E-state index contributed by atoms with van der Waals surface area (Å²) in [5.41, 5.74) is 1.66. The number of hydrogen-bond donors (Lipinski definition) is 0. The van der Waals surface area contributed by atoms with Gasteiger partial charge in [-0.1, -0.05) is 26.0 Å². The number of carbonyl (C=O) groups excluding carboxylic acids is 2. The fourth-order valence-electron chi connectivity index (χ4n) is 4.03. The molecule has 0 aromatic heterocycles. The predicted octanol–water partition coefficient (Wildman–Crippen LogP) is 2.95. The molecule has 7 heteroatoms. The number of methoxy groups -OCH3 is 1. The largest absolute Gasteiger partial charge is 0.493 e. The van der Waals surface area contributed by atoms with Crippen LogP contribution in [0.2, 0.25) is 0 Å². The normalized spacial score (nSPS) is 22.1. The molecule has 0 N–H and O–H groups in total. The summed E-state index contributed by atoms with van der Waals surface area (Å²) in [6, 6.07) is 7.45. The molecule has 2 amide bonds.